The molecule has 8 unspecified atom stereocenters. The monoisotopic (exact) mass is 603 g/mol. The molecule has 2 aliphatic carbocycles. The van der Waals surface area contributed by atoms with Gasteiger partial charge in [0.25, 0.3) is 5.91 Å². The first-order valence-electron chi connectivity index (χ1n) is 16.5. The summed E-state index contributed by atoms with van der Waals surface area (Å²) in [5.74, 6) is -1.20. The Morgan fingerprint density at radius 1 is 1.05 bits per heavy atom. The lowest BCUT2D eigenvalue weighted by Crippen LogP contribution is -2.74. The molecular formula is C32H50FN5O5. The predicted octanol–water partition coefficient (Wildman–Crippen LogP) is 2.71. The van der Waals surface area contributed by atoms with Gasteiger partial charge in [0.1, 0.15) is 11.8 Å². The van der Waals surface area contributed by atoms with Gasteiger partial charge in [-0.2, -0.15) is 0 Å². The molecule has 0 spiro atoms. The third kappa shape index (κ3) is 6.06. The van der Waals surface area contributed by atoms with Crippen molar-refractivity contribution in [3.8, 4) is 0 Å². The normalized spacial score (nSPS) is 37.1. The van der Waals surface area contributed by atoms with Crippen LogP contribution in [0.5, 0.6) is 0 Å². The summed E-state index contributed by atoms with van der Waals surface area (Å²) < 4.78 is 28.5. The van der Waals surface area contributed by atoms with E-state index in [1.807, 2.05) is 6.20 Å². The molecule has 0 aromatic carbocycles. The van der Waals surface area contributed by atoms with E-state index >= 15 is 4.39 Å². The second kappa shape index (κ2) is 11.9. The number of carbonyl (C=O) groups excluding carboxylic acids is 3. The van der Waals surface area contributed by atoms with Gasteiger partial charge in [0.05, 0.1) is 41.9 Å². The highest BCUT2D eigenvalue weighted by Gasteiger charge is 2.59. The first kappa shape index (κ1) is 30.8. The van der Waals surface area contributed by atoms with Crippen LogP contribution in [0.3, 0.4) is 0 Å². The van der Waals surface area contributed by atoms with Crippen LogP contribution in [0.15, 0.2) is 11.8 Å². The highest BCUT2D eigenvalue weighted by molar-refractivity contribution is 6.20. The lowest BCUT2D eigenvalue weighted by molar-refractivity contribution is -0.213. The maximum Gasteiger partial charge on any atom is 0.407 e. The van der Waals surface area contributed by atoms with Crippen LogP contribution in [0.2, 0.25) is 0 Å². The van der Waals surface area contributed by atoms with Crippen LogP contribution >= 0.6 is 0 Å². The molecular weight excluding hydrogens is 553 g/mol. The van der Waals surface area contributed by atoms with Crippen molar-refractivity contribution >= 4 is 17.8 Å². The summed E-state index contributed by atoms with van der Waals surface area (Å²) in [5.41, 5.74) is -0.461. The van der Waals surface area contributed by atoms with Gasteiger partial charge in [0, 0.05) is 57.4 Å². The molecule has 240 valence electrons. The van der Waals surface area contributed by atoms with Crippen molar-refractivity contribution in [1.29, 1.82) is 0 Å². The van der Waals surface area contributed by atoms with Gasteiger partial charge in [-0.05, 0) is 60.3 Å². The molecule has 4 aliphatic heterocycles. The minimum Gasteiger partial charge on any atom is -0.444 e. The molecule has 0 aromatic rings. The maximum atomic E-state index is 16.3. The van der Waals surface area contributed by atoms with Gasteiger partial charge in [0.15, 0.2) is 5.78 Å². The van der Waals surface area contributed by atoms with Gasteiger partial charge in [-0.15, -0.1) is 0 Å². The van der Waals surface area contributed by atoms with Gasteiger partial charge in [0.2, 0.25) is 0 Å². The molecule has 0 radical (unpaired) electrons. The van der Waals surface area contributed by atoms with Crippen molar-refractivity contribution in [3.63, 3.8) is 0 Å². The number of carbonyl (C=O) groups is 3. The number of ether oxygens (including phenoxy) is 2. The zero-order valence-electron chi connectivity index (χ0n) is 26.5. The van der Waals surface area contributed by atoms with Crippen LogP contribution in [0.25, 0.3) is 0 Å². The summed E-state index contributed by atoms with van der Waals surface area (Å²) in [6.45, 7) is 13.9. The number of Topliss-reactive ketones (excluding diaryl/α,β-unsaturated/α-hetero) is 1. The van der Waals surface area contributed by atoms with Crippen molar-refractivity contribution < 1.29 is 28.2 Å². The molecule has 10 nitrogen and oxygen atoms in total. The maximum absolute atomic E-state index is 16.3. The number of halogens is 1. The molecule has 2 saturated carbocycles. The molecule has 4 heterocycles. The number of nitrogens with one attached hydrogen (secondary N) is 1. The Morgan fingerprint density at radius 2 is 1.77 bits per heavy atom. The molecule has 43 heavy (non-hydrogen) atoms. The Bertz CT molecular complexity index is 1120. The summed E-state index contributed by atoms with van der Waals surface area (Å²) in [4.78, 5) is 48.8. The largest absolute Gasteiger partial charge is 0.444 e. The number of rotatable bonds is 4. The molecule has 8 atom stereocenters. The lowest BCUT2D eigenvalue weighted by atomic mass is 9.69. The van der Waals surface area contributed by atoms with Crippen LogP contribution in [0.4, 0.5) is 9.18 Å². The second-order valence-electron chi connectivity index (χ2n) is 14.7. The van der Waals surface area contributed by atoms with E-state index in [0.717, 1.165) is 51.9 Å². The van der Waals surface area contributed by atoms with Gasteiger partial charge >= 0.3 is 6.09 Å². The number of morpholine rings is 1. The molecule has 0 aromatic heterocycles. The predicted molar refractivity (Wildman–Crippen MR) is 159 cm³/mol. The fraction of sp³-hybridized carbons (Fsp3) is 0.844. The van der Waals surface area contributed by atoms with E-state index in [-0.39, 0.29) is 47.9 Å². The number of hydrogen-bond acceptors (Lipinski definition) is 8. The van der Waals surface area contributed by atoms with E-state index in [1.165, 1.54) is 0 Å². The number of alkyl halides is 1. The van der Waals surface area contributed by atoms with Gasteiger partial charge < -0.3 is 24.6 Å². The second-order valence-corrected chi connectivity index (χ2v) is 14.7. The van der Waals surface area contributed by atoms with Crippen LogP contribution in [-0.2, 0) is 19.1 Å². The highest BCUT2D eigenvalue weighted by atomic mass is 19.1. The molecule has 2 amide bonds. The van der Waals surface area contributed by atoms with Crippen molar-refractivity contribution in [3.05, 3.63) is 11.8 Å². The van der Waals surface area contributed by atoms with Gasteiger partial charge in [-0.1, -0.05) is 12.8 Å². The SMILES string of the molecule is CC(C)N1CCN(C2C(F)CC3C(=O)C(C(=O)N4CCC(NC(=O)OC(C)(C)C)C4)=CN4C5CCCCC5OC2C34)CC1. The van der Waals surface area contributed by atoms with Gasteiger partial charge in [-0.3, -0.25) is 19.4 Å². The average molecular weight is 604 g/mol. The Labute approximate surface area is 255 Å². The average Bonchev–Trinajstić information content (AvgIpc) is 3.41. The molecule has 5 fully saturated rings. The third-order valence-electron chi connectivity index (χ3n) is 10.5. The van der Waals surface area contributed by atoms with Crippen LogP contribution < -0.4 is 5.32 Å². The van der Waals surface area contributed by atoms with E-state index < -0.39 is 35.9 Å². The summed E-state index contributed by atoms with van der Waals surface area (Å²) in [6.07, 6.45) is 4.34. The number of amides is 2. The molecule has 0 bridgehead atoms. The Morgan fingerprint density at radius 3 is 2.47 bits per heavy atom. The summed E-state index contributed by atoms with van der Waals surface area (Å²) in [7, 11) is 0. The summed E-state index contributed by atoms with van der Waals surface area (Å²) in [5, 5.41) is 2.86. The summed E-state index contributed by atoms with van der Waals surface area (Å²) in [6, 6.07) is -0.354. The molecule has 6 rings (SSSR count). The summed E-state index contributed by atoms with van der Waals surface area (Å²) >= 11 is 0. The van der Waals surface area contributed by atoms with Crippen molar-refractivity contribution in [1.82, 2.24) is 24.9 Å². The smallest absolute Gasteiger partial charge is 0.407 e. The number of hydrogen-bond donors (Lipinski definition) is 1. The van der Waals surface area contributed by atoms with Crippen molar-refractivity contribution in [2.24, 2.45) is 5.92 Å². The fourth-order valence-corrected chi connectivity index (χ4v) is 8.41. The third-order valence-corrected chi connectivity index (χ3v) is 10.5. The first-order valence-corrected chi connectivity index (χ1v) is 16.5. The minimum absolute atomic E-state index is 0.0320. The Hall–Kier alpha value is -2.24. The standard InChI is InChI=1S/C32H50FN5O5/c1-19(2)35-12-14-36(15-13-35)27-23(33)16-21-26-29(27)42-25-9-7-6-8-24(25)38(26)18-22(28(21)39)30(40)37-11-10-20(17-37)34-31(41)43-32(3,4)5/h18-21,23-27,29H,6-17H2,1-5H3,(H,34,41). The molecule has 11 heteroatoms. The van der Waals surface area contributed by atoms with E-state index in [9.17, 15) is 14.4 Å². The number of alkyl carbamates (subject to hydrolysis) is 1. The first-order chi connectivity index (χ1) is 20.4. The lowest BCUT2D eigenvalue weighted by Gasteiger charge is -2.60. The van der Waals surface area contributed by atoms with E-state index in [2.05, 4.69) is 33.9 Å². The number of nitrogens with zero attached hydrogens (tertiary/aromatic N) is 4. The van der Waals surface area contributed by atoms with E-state index in [4.69, 9.17) is 9.47 Å². The highest BCUT2D eigenvalue weighted by Crippen LogP contribution is 2.47. The van der Waals surface area contributed by atoms with Crippen molar-refractivity contribution in [2.45, 2.75) is 127 Å². The fourth-order valence-electron chi connectivity index (χ4n) is 8.41. The number of likely N-dealkylation sites (tertiary alicyclic amines) is 1. The topological polar surface area (TPSA) is 94.7 Å². The zero-order chi connectivity index (χ0) is 30.6. The van der Waals surface area contributed by atoms with E-state index in [1.54, 1.807) is 25.7 Å². The van der Waals surface area contributed by atoms with E-state index in [0.29, 0.717) is 25.6 Å². The Balaban J connectivity index is 1.22. The van der Waals surface area contributed by atoms with Crippen molar-refractivity contribution in [2.75, 3.05) is 39.3 Å². The zero-order valence-corrected chi connectivity index (χ0v) is 26.5. The molecule has 6 aliphatic rings. The minimum atomic E-state index is -1.20. The van der Waals surface area contributed by atoms with Crippen LogP contribution in [0.1, 0.15) is 73.1 Å². The number of piperazine rings is 1. The van der Waals surface area contributed by atoms with Crippen LogP contribution in [0, 0.1) is 5.92 Å². The number of fused-ring (bicyclic) bond motifs is 2. The van der Waals surface area contributed by atoms with Crippen LogP contribution in [-0.4, -0.2) is 131 Å². The van der Waals surface area contributed by atoms with Gasteiger partial charge in [-0.25, -0.2) is 9.18 Å². The molecule has 3 saturated heterocycles. The number of ketones is 1. The molecule has 1 N–H and O–H groups in total. The quantitative estimate of drug-likeness (QED) is 0.491. The Kier molecular flexibility index (Phi) is 8.54.